The SMILES string of the molecule is O=C(O)C1(C(=O)Nc2c(Cl)cc(Cl)cc2Cl)CC1. The van der Waals surface area contributed by atoms with Gasteiger partial charge in [0.1, 0.15) is 5.41 Å². The lowest BCUT2D eigenvalue weighted by Crippen LogP contribution is -2.31. The molecule has 1 aromatic carbocycles. The van der Waals surface area contributed by atoms with Gasteiger partial charge in [0.05, 0.1) is 15.7 Å². The van der Waals surface area contributed by atoms with E-state index in [0.29, 0.717) is 17.9 Å². The van der Waals surface area contributed by atoms with Crippen molar-refractivity contribution < 1.29 is 14.7 Å². The van der Waals surface area contributed by atoms with Crippen molar-refractivity contribution in [2.24, 2.45) is 5.41 Å². The number of hydrogen-bond acceptors (Lipinski definition) is 2. The van der Waals surface area contributed by atoms with Crippen LogP contribution < -0.4 is 5.32 Å². The van der Waals surface area contributed by atoms with E-state index < -0.39 is 17.3 Å². The summed E-state index contributed by atoms with van der Waals surface area (Å²) >= 11 is 17.5. The number of aliphatic carboxylic acids is 1. The molecule has 1 aliphatic carbocycles. The molecule has 1 amide bonds. The quantitative estimate of drug-likeness (QED) is 0.840. The number of carboxylic acid groups (broad SMARTS) is 1. The van der Waals surface area contributed by atoms with Crippen molar-refractivity contribution in [3.63, 3.8) is 0 Å². The van der Waals surface area contributed by atoms with Gasteiger partial charge in [-0.1, -0.05) is 34.8 Å². The summed E-state index contributed by atoms with van der Waals surface area (Å²) in [7, 11) is 0. The highest BCUT2D eigenvalue weighted by Gasteiger charge is 2.57. The number of anilines is 1. The molecule has 18 heavy (non-hydrogen) atoms. The number of hydrogen-bond donors (Lipinski definition) is 2. The molecule has 2 rings (SSSR count). The van der Waals surface area contributed by atoms with E-state index in [-0.39, 0.29) is 15.7 Å². The van der Waals surface area contributed by atoms with Crippen molar-refractivity contribution in [1.82, 2.24) is 0 Å². The number of halogens is 3. The zero-order valence-corrected chi connectivity index (χ0v) is 11.2. The number of nitrogens with one attached hydrogen (secondary N) is 1. The van der Waals surface area contributed by atoms with Crippen molar-refractivity contribution >= 4 is 52.4 Å². The van der Waals surface area contributed by atoms with Crippen LogP contribution >= 0.6 is 34.8 Å². The maximum atomic E-state index is 11.9. The van der Waals surface area contributed by atoms with Gasteiger partial charge in [0.25, 0.3) is 0 Å². The lowest BCUT2D eigenvalue weighted by molar-refractivity contribution is -0.147. The minimum absolute atomic E-state index is 0.169. The third-order valence-corrected chi connectivity index (χ3v) is 3.65. The van der Waals surface area contributed by atoms with Crippen LogP contribution in [-0.2, 0) is 9.59 Å². The molecule has 1 fully saturated rings. The maximum Gasteiger partial charge on any atom is 0.319 e. The summed E-state index contributed by atoms with van der Waals surface area (Å²) in [6, 6.07) is 2.84. The van der Waals surface area contributed by atoms with Crippen LogP contribution in [0.2, 0.25) is 15.1 Å². The van der Waals surface area contributed by atoms with E-state index in [1.54, 1.807) is 0 Å². The third-order valence-electron chi connectivity index (χ3n) is 2.84. The molecule has 0 saturated heterocycles. The van der Waals surface area contributed by atoms with Crippen molar-refractivity contribution in [2.75, 3.05) is 5.32 Å². The van der Waals surface area contributed by atoms with E-state index >= 15 is 0 Å². The Labute approximate surface area is 118 Å². The molecule has 2 N–H and O–H groups in total. The largest absolute Gasteiger partial charge is 0.480 e. The van der Waals surface area contributed by atoms with Crippen LogP contribution in [0.1, 0.15) is 12.8 Å². The first kappa shape index (κ1) is 13.5. The zero-order chi connectivity index (χ0) is 13.5. The van der Waals surface area contributed by atoms with Crippen LogP contribution in [0, 0.1) is 5.41 Å². The second-order valence-corrected chi connectivity index (χ2v) is 5.34. The van der Waals surface area contributed by atoms with Gasteiger partial charge in [-0.05, 0) is 25.0 Å². The fraction of sp³-hybridized carbons (Fsp3) is 0.273. The van der Waals surface area contributed by atoms with E-state index in [4.69, 9.17) is 39.9 Å². The topological polar surface area (TPSA) is 66.4 Å². The highest BCUT2D eigenvalue weighted by Crippen LogP contribution is 2.47. The van der Waals surface area contributed by atoms with Crippen LogP contribution in [0.25, 0.3) is 0 Å². The molecule has 4 nitrogen and oxygen atoms in total. The van der Waals surface area contributed by atoms with Crippen LogP contribution in [-0.4, -0.2) is 17.0 Å². The van der Waals surface area contributed by atoms with E-state index in [0.717, 1.165) is 0 Å². The minimum Gasteiger partial charge on any atom is -0.480 e. The lowest BCUT2D eigenvalue weighted by Gasteiger charge is -2.13. The van der Waals surface area contributed by atoms with Gasteiger partial charge in [0.2, 0.25) is 5.91 Å². The van der Waals surface area contributed by atoms with Gasteiger partial charge < -0.3 is 10.4 Å². The van der Waals surface area contributed by atoms with Crippen LogP contribution in [0.15, 0.2) is 12.1 Å². The first-order valence-corrected chi connectivity index (χ1v) is 6.19. The molecule has 0 heterocycles. The second kappa shape index (κ2) is 4.61. The smallest absolute Gasteiger partial charge is 0.319 e. The number of rotatable bonds is 3. The summed E-state index contributed by atoms with van der Waals surface area (Å²) in [4.78, 5) is 22.9. The predicted octanol–water partition coefficient (Wildman–Crippen LogP) is 3.45. The van der Waals surface area contributed by atoms with Gasteiger partial charge >= 0.3 is 5.97 Å². The fourth-order valence-corrected chi connectivity index (χ4v) is 2.47. The van der Waals surface area contributed by atoms with Gasteiger partial charge in [0.15, 0.2) is 0 Å². The van der Waals surface area contributed by atoms with Crippen molar-refractivity contribution in [3.05, 3.63) is 27.2 Å². The number of amides is 1. The monoisotopic (exact) mass is 307 g/mol. The number of carbonyl (C=O) groups excluding carboxylic acids is 1. The number of carbonyl (C=O) groups is 2. The Morgan fingerprint density at radius 3 is 2.06 bits per heavy atom. The standard InChI is InChI=1S/C11H8Cl3NO3/c12-5-3-6(13)8(7(14)4-5)15-9(16)11(1-2-11)10(17)18/h3-4H,1-2H2,(H,15,16)(H,17,18). The molecular formula is C11H8Cl3NO3. The summed E-state index contributed by atoms with van der Waals surface area (Å²) in [6.45, 7) is 0. The van der Waals surface area contributed by atoms with Crippen molar-refractivity contribution in [3.8, 4) is 0 Å². The van der Waals surface area contributed by atoms with Crippen LogP contribution in [0.3, 0.4) is 0 Å². The maximum absolute atomic E-state index is 11.9. The van der Waals surface area contributed by atoms with Crippen LogP contribution in [0.4, 0.5) is 5.69 Å². The molecule has 1 aromatic rings. The van der Waals surface area contributed by atoms with E-state index in [1.807, 2.05) is 0 Å². The van der Waals surface area contributed by atoms with Gasteiger partial charge in [0, 0.05) is 5.02 Å². The Kier molecular flexibility index (Phi) is 3.45. The molecule has 0 aliphatic heterocycles. The highest BCUT2D eigenvalue weighted by molar-refractivity contribution is 6.42. The Morgan fingerprint density at radius 1 is 1.17 bits per heavy atom. The molecule has 0 aromatic heterocycles. The Morgan fingerprint density at radius 2 is 1.67 bits per heavy atom. The van der Waals surface area contributed by atoms with Gasteiger partial charge in [-0.15, -0.1) is 0 Å². The Hall–Kier alpha value is -0.970. The third kappa shape index (κ3) is 2.28. The molecule has 0 bridgehead atoms. The zero-order valence-electron chi connectivity index (χ0n) is 8.97. The summed E-state index contributed by atoms with van der Waals surface area (Å²) < 4.78 is 0. The van der Waals surface area contributed by atoms with Crippen LogP contribution in [0.5, 0.6) is 0 Å². The summed E-state index contributed by atoms with van der Waals surface area (Å²) in [5.41, 5.74) is -1.16. The molecule has 0 atom stereocenters. The number of benzene rings is 1. The van der Waals surface area contributed by atoms with E-state index in [2.05, 4.69) is 5.32 Å². The Balaban J connectivity index is 2.26. The summed E-state index contributed by atoms with van der Waals surface area (Å²) in [6.07, 6.45) is 0.633. The van der Waals surface area contributed by atoms with E-state index in [1.165, 1.54) is 12.1 Å². The van der Waals surface area contributed by atoms with Gasteiger partial charge in [-0.25, -0.2) is 0 Å². The highest BCUT2D eigenvalue weighted by atomic mass is 35.5. The molecule has 1 saturated carbocycles. The van der Waals surface area contributed by atoms with Gasteiger partial charge in [-0.2, -0.15) is 0 Å². The summed E-state index contributed by atoms with van der Waals surface area (Å²) in [5.74, 6) is -1.75. The average molecular weight is 309 g/mol. The molecule has 0 radical (unpaired) electrons. The number of carboxylic acids is 1. The van der Waals surface area contributed by atoms with Crippen molar-refractivity contribution in [2.45, 2.75) is 12.8 Å². The molecule has 96 valence electrons. The normalized spacial score (nSPS) is 16.2. The second-order valence-electron chi connectivity index (χ2n) is 4.09. The fourth-order valence-electron chi connectivity index (χ4n) is 1.56. The van der Waals surface area contributed by atoms with Gasteiger partial charge in [-0.3, -0.25) is 9.59 Å². The van der Waals surface area contributed by atoms with E-state index in [9.17, 15) is 9.59 Å². The molecule has 0 spiro atoms. The average Bonchev–Trinajstić information content (AvgIpc) is 3.03. The summed E-state index contributed by atoms with van der Waals surface area (Å²) in [5, 5.41) is 12.1. The molecule has 1 aliphatic rings. The Bertz CT molecular complexity index is 517. The lowest BCUT2D eigenvalue weighted by atomic mass is 10.1. The molecular weight excluding hydrogens is 300 g/mol. The first-order chi connectivity index (χ1) is 8.36. The predicted molar refractivity (Wildman–Crippen MR) is 69.4 cm³/mol. The molecule has 0 unspecified atom stereocenters. The first-order valence-electron chi connectivity index (χ1n) is 5.06. The molecule has 7 heteroatoms. The minimum atomic E-state index is -1.34. The van der Waals surface area contributed by atoms with Crippen molar-refractivity contribution in [1.29, 1.82) is 0 Å².